The first kappa shape index (κ1) is 35.4. The maximum absolute atomic E-state index is 12.8. The van der Waals surface area contributed by atoms with Crippen LogP contribution in [-0.4, -0.2) is 86.7 Å². The van der Waals surface area contributed by atoms with E-state index in [1.54, 1.807) is 16.2 Å². The number of aromatic nitrogens is 3. The van der Waals surface area contributed by atoms with E-state index in [1.807, 2.05) is 69.8 Å². The molecule has 2 saturated heterocycles. The van der Waals surface area contributed by atoms with Gasteiger partial charge in [-0.05, 0) is 108 Å². The number of halogens is 1. The first-order chi connectivity index (χ1) is 24.3. The second-order valence-electron chi connectivity index (χ2n) is 14.7. The molecule has 0 spiro atoms. The summed E-state index contributed by atoms with van der Waals surface area (Å²) in [6.07, 6.45) is 1.55. The normalized spacial score (nSPS) is 18.2. The molecule has 2 fully saturated rings. The number of benzene rings is 3. The molecule has 0 aliphatic carbocycles. The van der Waals surface area contributed by atoms with Crippen LogP contribution in [0.25, 0.3) is 42.8 Å². The molecule has 51 heavy (non-hydrogen) atoms. The fourth-order valence-electron chi connectivity index (χ4n) is 7.76. The molecule has 4 heterocycles. The van der Waals surface area contributed by atoms with Gasteiger partial charge >= 0.3 is 12.1 Å². The van der Waals surface area contributed by atoms with E-state index in [0.717, 1.165) is 99.5 Å². The van der Waals surface area contributed by atoms with Gasteiger partial charge in [0.2, 0.25) is 0 Å². The maximum Gasteiger partial charge on any atom is 0.409 e. The van der Waals surface area contributed by atoms with Crippen molar-refractivity contribution in [1.82, 2.24) is 24.6 Å². The lowest BCUT2D eigenvalue weighted by atomic mass is 9.90. The molecule has 0 bridgehead atoms. The fraction of sp³-hybridized carbons (Fsp3) is 0.436. The van der Waals surface area contributed by atoms with Crippen molar-refractivity contribution in [2.45, 2.75) is 70.6 Å². The van der Waals surface area contributed by atoms with Crippen LogP contribution in [0.1, 0.15) is 68.9 Å². The van der Waals surface area contributed by atoms with Gasteiger partial charge in [0.15, 0.2) is 6.10 Å². The van der Waals surface area contributed by atoms with Crippen LogP contribution in [-0.2, 0) is 21.3 Å². The number of carboxylic acid groups (broad SMARTS) is 1. The molecule has 12 heteroatoms. The highest BCUT2D eigenvalue weighted by molar-refractivity contribution is 7.22. The van der Waals surface area contributed by atoms with Crippen molar-refractivity contribution in [3.8, 4) is 21.7 Å². The van der Waals surface area contributed by atoms with Crippen molar-refractivity contribution in [2.75, 3.05) is 33.3 Å². The molecule has 0 saturated carbocycles. The Balaban J connectivity index is 1.24. The van der Waals surface area contributed by atoms with Crippen LogP contribution in [0.15, 0.2) is 48.5 Å². The number of fused-ring (bicyclic) bond motifs is 2. The van der Waals surface area contributed by atoms with Crippen LogP contribution in [0.2, 0.25) is 5.02 Å². The molecule has 2 aliphatic rings. The van der Waals surface area contributed by atoms with Gasteiger partial charge < -0.3 is 19.5 Å². The maximum atomic E-state index is 12.8. The van der Waals surface area contributed by atoms with E-state index in [9.17, 15) is 14.7 Å². The predicted molar refractivity (Wildman–Crippen MR) is 202 cm³/mol. The Kier molecular flexibility index (Phi) is 9.60. The van der Waals surface area contributed by atoms with Crippen molar-refractivity contribution < 1.29 is 24.2 Å². The summed E-state index contributed by atoms with van der Waals surface area (Å²) in [6.45, 7) is 10.9. The molecule has 5 aromatic rings. The van der Waals surface area contributed by atoms with E-state index in [4.69, 9.17) is 31.2 Å². The van der Waals surface area contributed by atoms with Crippen molar-refractivity contribution in [1.29, 1.82) is 0 Å². The Labute approximate surface area is 306 Å². The molecule has 3 aromatic carbocycles. The highest BCUT2D eigenvalue weighted by Crippen LogP contribution is 2.45. The number of methoxy groups -OCH3 is 1. The van der Waals surface area contributed by atoms with Gasteiger partial charge in [0, 0.05) is 59.2 Å². The number of ether oxygens (including phenoxy) is 2. The molecule has 0 unspecified atom stereocenters. The zero-order valence-electron chi connectivity index (χ0n) is 29.9. The van der Waals surface area contributed by atoms with Gasteiger partial charge in [-0.3, -0.25) is 9.58 Å². The molecule has 0 radical (unpaired) electrons. The van der Waals surface area contributed by atoms with Gasteiger partial charge in [-0.1, -0.05) is 23.7 Å². The number of amides is 1. The van der Waals surface area contributed by atoms with Crippen LogP contribution in [0.3, 0.4) is 0 Å². The van der Waals surface area contributed by atoms with Gasteiger partial charge in [0.05, 0.1) is 34.1 Å². The molecule has 10 nitrogen and oxygen atoms in total. The lowest BCUT2D eigenvalue weighted by molar-refractivity contribution is -0.160. The highest BCUT2D eigenvalue weighted by atomic mass is 35.5. The van der Waals surface area contributed by atoms with Gasteiger partial charge in [-0.2, -0.15) is 5.10 Å². The lowest BCUT2D eigenvalue weighted by Gasteiger charge is -2.35. The van der Waals surface area contributed by atoms with Crippen molar-refractivity contribution in [3.63, 3.8) is 0 Å². The third-order valence-electron chi connectivity index (χ3n) is 10.2. The summed E-state index contributed by atoms with van der Waals surface area (Å²) < 4.78 is 14.0. The van der Waals surface area contributed by atoms with Crippen molar-refractivity contribution in [2.24, 2.45) is 7.05 Å². The smallest absolute Gasteiger partial charge is 0.409 e. The summed E-state index contributed by atoms with van der Waals surface area (Å²) in [6, 6.07) is 16.3. The monoisotopic (exact) mass is 729 g/mol. The Morgan fingerprint density at radius 3 is 2.39 bits per heavy atom. The van der Waals surface area contributed by atoms with E-state index in [0.29, 0.717) is 22.5 Å². The summed E-state index contributed by atoms with van der Waals surface area (Å²) in [7, 11) is 3.44. The Morgan fingerprint density at radius 1 is 1.02 bits per heavy atom. The third-order valence-corrected chi connectivity index (χ3v) is 11.6. The van der Waals surface area contributed by atoms with E-state index in [2.05, 4.69) is 23.1 Å². The fourth-order valence-corrected chi connectivity index (χ4v) is 9.01. The largest absolute Gasteiger partial charge is 0.479 e. The highest BCUT2D eigenvalue weighted by Gasteiger charge is 2.35. The molecule has 1 amide bonds. The minimum absolute atomic E-state index is 0.243. The number of aliphatic carboxylic acids is 1. The summed E-state index contributed by atoms with van der Waals surface area (Å²) >= 11 is 7.85. The summed E-state index contributed by atoms with van der Waals surface area (Å²) in [4.78, 5) is 34.3. The molecule has 2 aromatic heterocycles. The number of likely N-dealkylation sites (tertiary alicyclic amines) is 2. The van der Waals surface area contributed by atoms with Crippen LogP contribution in [0.5, 0.6) is 0 Å². The van der Waals surface area contributed by atoms with Gasteiger partial charge in [0.25, 0.3) is 0 Å². The Morgan fingerprint density at radius 2 is 1.73 bits per heavy atom. The van der Waals surface area contributed by atoms with Crippen molar-refractivity contribution >= 4 is 56.1 Å². The lowest BCUT2D eigenvalue weighted by Crippen LogP contribution is -2.43. The first-order valence-electron chi connectivity index (χ1n) is 17.5. The number of hydrogen-bond donors (Lipinski definition) is 1. The van der Waals surface area contributed by atoms with Gasteiger partial charge in [-0.25, -0.2) is 14.6 Å². The number of aryl methyl sites for hydroxylation is 2. The number of thiazole rings is 1. The number of hydrogen-bond acceptors (Lipinski definition) is 8. The van der Waals surface area contributed by atoms with Gasteiger partial charge in [0.1, 0.15) is 5.01 Å². The Bertz CT molecular complexity index is 2110. The summed E-state index contributed by atoms with van der Waals surface area (Å²) in [5.74, 6) is -0.717. The average Bonchev–Trinajstić information content (AvgIpc) is 3.84. The van der Waals surface area contributed by atoms with Gasteiger partial charge in [-0.15, -0.1) is 11.3 Å². The van der Waals surface area contributed by atoms with E-state index >= 15 is 0 Å². The third kappa shape index (κ3) is 6.96. The molecular weight excluding hydrogens is 686 g/mol. The first-order valence-corrected chi connectivity index (χ1v) is 18.6. The average molecular weight is 730 g/mol. The minimum Gasteiger partial charge on any atom is -0.479 e. The number of piperidine rings is 1. The number of carboxylic acids is 1. The molecule has 2 atom stereocenters. The molecule has 2 aliphatic heterocycles. The molecular formula is C39H44ClN5O5S. The minimum atomic E-state index is -1.17. The van der Waals surface area contributed by atoms with E-state index in [-0.39, 0.29) is 6.09 Å². The number of carbonyl (C=O) groups is 2. The number of carbonyl (C=O) groups excluding carboxylic acids is 1. The van der Waals surface area contributed by atoms with Crippen LogP contribution in [0, 0.1) is 6.92 Å². The van der Waals surface area contributed by atoms with E-state index < -0.39 is 17.7 Å². The summed E-state index contributed by atoms with van der Waals surface area (Å²) in [5, 5.41) is 18.1. The molecule has 268 valence electrons. The zero-order chi connectivity index (χ0) is 36.2. The molecule has 7 rings (SSSR count). The topological polar surface area (TPSA) is 110 Å². The Hall–Kier alpha value is -4.03. The second kappa shape index (κ2) is 13.8. The summed E-state index contributed by atoms with van der Waals surface area (Å²) in [5.41, 5.74) is 6.37. The van der Waals surface area contributed by atoms with Crippen LogP contribution < -0.4 is 0 Å². The number of nitrogens with zero attached hydrogens (tertiary/aromatic N) is 5. The van der Waals surface area contributed by atoms with Crippen molar-refractivity contribution in [3.05, 3.63) is 70.4 Å². The second-order valence-corrected chi connectivity index (χ2v) is 16.1. The van der Waals surface area contributed by atoms with Crippen LogP contribution in [0.4, 0.5) is 4.79 Å². The molecule has 1 N–H and O–H groups in total. The SMILES string of the molecule is COC(=O)N1CC[C@@H](N2CCC(c3nn(C)c4ccc(-c5nc6cc(C)c([C@H](OC(C)(C)C)C(=O)O)c(-c7ccc(Cl)cc7)c6s5)cc34)CC2)C1. The zero-order valence-corrected chi connectivity index (χ0v) is 31.5. The van der Waals surface area contributed by atoms with Crippen LogP contribution >= 0.6 is 22.9 Å². The quantitative estimate of drug-likeness (QED) is 0.178. The standard InChI is InChI=1S/C39H44ClN5O5S/c1-22-19-29-35(32(23-7-10-26(40)11-8-23)31(22)34(37(46)47)50-39(2,3)4)51-36(41-29)25-9-12-30-28(20-25)33(42-43(30)5)24-13-16-44(17-14-24)27-15-18-45(21-27)38(48)49-6/h7-12,19-20,24,27,34H,13-18,21H2,1-6H3,(H,46,47)/t27-,34+/m1/s1. The van der Waals surface area contributed by atoms with E-state index in [1.165, 1.54) is 7.11 Å². The predicted octanol–water partition coefficient (Wildman–Crippen LogP) is 8.44. The number of rotatable bonds is 7.